The lowest BCUT2D eigenvalue weighted by atomic mass is 9.83. The summed E-state index contributed by atoms with van der Waals surface area (Å²) < 4.78 is 0. The van der Waals surface area contributed by atoms with Gasteiger partial charge in [0.05, 0.1) is 12.0 Å². The first-order valence-corrected chi connectivity index (χ1v) is 9.33. The van der Waals surface area contributed by atoms with Crippen molar-refractivity contribution in [2.24, 2.45) is 5.92 Å². The summed E-state index contributed by atoms with van der Waals surface area (Å²) in [5.74, 6) is 0.816. The SMILES string of the molecule is O=c1[nH]cnc2c1CCN(C[C@@H]1CCCN3CCCC[C@H]13)CC2. The number of piperidine rings is 2. The van der Waals surface area contributed by atoms with Gasteiger partial charge < -0.3 is 14.8 Å². The molecule has 3 aliphatic rings. The number of hydrogen-bond donors (Lipinski definition) is 1. The van der Waals surface area contributed by atoms with Crippen LogP contribution >= 0.6 is 0 Å². The standard InChI is InChI=1S/C18H28N4O/c23-18-15-6-10-21(11-7-16(15)19-13-20-18)12-14-4-3-9-22-8-2-1-5-17(14)22/h13-14,17H,1-12H2,(H,19,20,23)/t14-,17+/m0/s1. The van der Waals surface area contributed by atoms with Crippen LogP contribution in [-0.2, 0) is 12.8 Å². The van der Waals surface area contributed by atoms with Crippen molar-refractivity contribution < 1.29 is 0 Å². The average molecular weight is 316 g/mol. The fraction of sp³-hybridized carbons (Fsp3) is 0.778. The summed E-state index contributed by atoms with van der Waals surface area (Å²) in [6.45, 7) is 5.88. The van der Waals surface area contributed by atoms with Crippen molar-refractivity contribution in [3.8, 4) is 0 Å². The second-order valence-corrected chi connectivity index (χ2v) is 7.46. The zero-order valence-electron chi connectivity index (χ0n) is 14.0. The molecular weight excluding hydrogens is 288 g/mol. The van der Waals surface area contributed by atoms with Crippen LogP contribution in [0.25, 0.3) is 0 Å². The number of aromatic amines is 1. The molecule has 1 N–H and O–H groups in total. The normalized spacial score (nSPS) is 29.6. The van der Waals surface area contributed by atoms with Gasteiger partial charge >= 0.3 is 0 Å². The number of hydrogen-bond acceptors (Lipinski definition) is 4. The molecule has 0 saturated carbocycles. The molecule has 0 amide bonds. The molecule has 3 aliphatic heterocycles. The topological polar surface area (TPSA) is 52.2 Å². The Morgan fingerprint density at radius 1 is 1.09 bits per heavy atom. The third-order valence-electron chi connectivity index (χ3n) is 6.10. The minimum Gasteiger partial charge on any atom is -0.313 e. The van der Waals surface area contributed by atoms with E-state index in [1.807, 2.05) is 0 Å². The Morgan fingerprint density at radius 2 is 1.96 bits per heavy atom. The third-order valence-corrected chi connectivity index (χ3v) is 6.10. The summed E-state index contributed by atoms with van der Waals surface area (Å²) in [6.07, 6.45) is 10.2. The van der Waals surface area contributed by atoms with E-state index in [2.05, 4.69) is 19.8 Å². The van der Waals surface area contributed by atoms with Gasteiger partial charge in [-0.2, -0.15) is 0 Å². The van der Waals surface area contributed by atoms with Crippen molar-refractivity contribution >= 4 is 0 Å². The molecule has 23 heavy (non-hydrogen) atoms. The van der Waals surface area contributed by atoms with E-state index in [0.29, 0.717) is 0 Å². The summed E-state index contributed by atoms with van der Waals surface area (Å²) in [4.78, 5) is 24.4. The number of aromatic nitrogens is 2. The Balaban J connectivity index is 1.42. The van der Waals surface area contributed by atoms with Gasteiger partial charge in [0, 0.05) is 37.7 Å². The van der Waals surface area contributed by atoms with Crippen LogP contribution in [0.3, 0.4) is 0 Å². The highest BCUT2D eigenvalue weighted by atomic mass is 16.1. The smallest absolute Gasteiger partial charge is 0.254 e. The monoisotopic (exact) mass is 316 g/mol. The molecule has 1 aromatic heterocycles. The fourth-order valence-electron chi connectivity index (χ4n) is 4.89. The second-order valence-electron chi connectivity index (χ2n) is 7.46. The molecule has 2 saturated heterocycles. The van der Waals surface area contributed by atoms with Gasteiger partial charge in [0.15, 0.2) is 0 Å². The lowest BCUT2D eigenvalue weighted by Crippen LogP contribution is -2.51. The highest BCUT2D eigenvalue weighted by Crippen LogP contribution is 2.31. The van der Waals surface area contributed by atoms with Gasteiger partial charge in [-0.15, -0.1) is 0 Å². The first-order chi connectivity index (χ1) is 11.3. The quantitative estimate of drug-likeness (QED) is 0.897. The minimum absolute atomic E-state index is 0.0629. The lowest BCUT2D eigenvalue weighted by Gasteiger charge is -2.45. The molecule has 5 nitrogen and oxygen atoms in total. The highest BCUT2D eigenvalue weighted by molar-refractivity contribution is 5.18. The second kappa shape index (κ2) is 6.73. The van der Waals surface area contributed by atoms with E-state index in [1.54, 1.807) is 6.33 Å². The van der Waals surface area contributed by atoms with Gasteiger partial charge in [0.25, 0.3) is 5.56 Å². The summed E-state index contributed by atoms with van der Waals surface area (Å²) >= 11 is 0. The van der Waals surface area contributed by atoms with Gasteiger partial charge in [-0.3, -0.25) is 4.79 Å². The average Bonchev–Trinajstić information content (AvgIpc) is 2.79. The number of nitrogens with zero attached hydrogens (tertiary/aromatic N) is 3. The van der Waals surface area contributed by atoms with Gasteiger partial charge in [0.2, 0.25) is 0 Å². The molecule has 1 aromatic rings. The zero-order valence-corrected chi connectivity index (χ0v) is 14.0. The summed E-state index contributed by atoms with van der Waals surface area (Å²) in [7, 11) is 0. The largest absolute Gasteiger partial charge is 0.313 e. The van der Waals surface area contributed by atoms with Crippen molar-refractivity contribution in [3.05, 3.63) is 27.9 Å². The van der Waals surface area contributed by atoms with Crippen LogP contribution < -0.4 is 5.56 Å². The van der Waals surface area contributed by atoms with Crippen LogP contribution in [0, 0.1) is 5.92 Å². The van der Waals surface area contributed by atoms with Crippen molar-refractivity contribution in [3.63, 3.8) is 0 Å². The van der Waals surface area contributed by atoms with E-state index in [9.17, 15) is 4.79 Å². The summed E-state index contributed by atoms with van der Waals surface area (Å²) in [6, 6.07) is 0.810. The number of fused-ring (bicyclic) bond motifs is 2. The molecule has 0 spiro atoms. The molecule has 126 valence electrons. The number of nitrogens with one attached hydrogen (secondary N) is 1. The molecule has 4 heterocycles. The summed E-state index contributed by atoms with van der Waals surface area (Å²) in [5, 5.41) is 0. The van der Waals surface area contributed by atoms with Gasteiger partial charge in [-0.1, -0.05) is 6.42 Å². The van der Waals surface area contributed by atoms with E-state index in [-0.39, 0.29) is 5.56 Å². The molecule has 0 unspecified atom stereocenters. The van der Waals surface area contributed by atoms with Crippen LogP contribution in [0.15, 0.2) is 11.1 Å². The molecule has 5 heteroatoms. The van der Waals surface area contributed by atoms with E-state index >= 15 is 0 Å². The number of H-pyrrole nitrogens is 1. The van der Waals surface area contributed by atoms with Crippen molar-refractivity contribution in [1.29, 1.82) is 0 Å². The van der Waals surface area contributed by atoms with Crippen molar-refractivity contribution in [1.82, 2.24) is 19.8 Å². The molecule has 0 bridgehead atoms. The van der Waals surface area contributed by atoms with Crippen LogP contribution in [0.2, 0.25) is 0 Å². The highest BCUT2D eigenvalue weighted by Gasteiger charge is 2.34. The maximum atomic E-state index is 12.0. The first kappa shape index (κ1) is 15.3. The van der Waals surface area contributed by atoms with Gasteiger partial charge in [-0.05, 0) is 51.1 Å². The zero-order chi connectivity index (χ0) is 15.6. The van der Waals surface area contributed by atoms with Crippen LogP contribution in [0.4, 0.5) is 0 Å². The maximum absolute atomic E-state index is 12.0. The predicted octanol–water partition coefficient (Wildman–Crippen LogP) is 1.43. The van der Waals surface area contributed by atoms with Crippen LogP contribution in [0.5, 0.6) is 0 Å². The van der Waals surface area contributed by atoms with E-state index in [4.69, 9.17) is 0 Å². The van der Waals surface area contributed by atoms with E-state index in [0.717, 1.165) is 49.1 Å². The summed E-state index contributed by atoms with van der Waals surface area (Å²) in [5.41, 5.74) is 1.99. The molecule has 0 aliphatic carbocycles. The van der Waals surface area contributed by atoms with Crippen molar-refractivity contribution in [2.45, 2.75) is 51.0 Å². The Morgan fingerprint density at radius 3 is 2.91 bits per heavy atom. The lowest BCUT2D eigenvalue weighted by molar-refractivity contribution is 0.0411. The number of rotatable bonds is 2. The van der Waals surface area contributed by atoms with Gasteiger partial charge in [-0.25, -0.2) is 4.98 Å². The Labute approximate surface area is 138 Å². The molecular formula is C18H28N4O. The molecule has 0 aromatic carbocycles. The predicted molar refractivity (Wildman–Crippen MR) is 90.6 cm³/mol. The molecule has 2 atom stereocenters. The third kappa shape index (κ3) is 3.22. The molecule has 4 rings (SSSR count). The van der Waals surface area contributed by atoms with E-state index in [1.165, 1.54) is 51.7 Å². The Kier molecular flexibility index (Phi) is 4.49. The van der Waals surface area contributed by atoms with Crippen LogP contribution in [-0.4, -0.2) is 58.5 Å². The minimum atomic E-state index is 0.0629. The van der Waals surface area contributed by atoms with E-state index < -0.39 is 0 Å². The van der Waals surface area contributed by atoms with Crippen LogP contribution in [0.1, 0.15) is 43.4 Å². The fourth-order valence-corrected chi connectivity index (χ4v) is 4.89. The Hall–Kier alpha value is -1.20. The molecule has 2 fully saturated rings. The van der Waals surface area contributed by atoms with Gasteiger partial charge in [0.1, 0.15) is 0 Å². The molecule has 0 radical (unpaired) electrons. The maximum Gasteiger partial charge on any atom is 0.254 e. The van der Waals surface area contributed by atoms with Crippen molar-refractivity contribution in [2.75, 3.05) is 32.7 Å². The first-order valence-electron chi connectivity index (χ1n) is 9.33. The Bertz CT molecular complexity index is 597.